The summed E-state index contributed by atoms with van der Waals surface area (Å²) in [6.07, 6.45) is 0. The first kappa shape index (κ1) is 13.6. The second-order valence-electron chi connectivity index (χ2n) is 4.92. The molecule has 0 spiro atoms. The fraction of sp³-hybridized carbons (Fsp3) is 0.294. The van der Waals surface area contributed by atoms with Gasteiger partial charge in [-0.2, -0.15) is 0 Å². The molecule has 0 saturated heterocycles. The van der Waals surface area contributed by atoms with E-state index in [-0.39, 0.29) is 0 Å². The summed E-state index contributed by atoms with van der Waals surface area (Å²) in [5.41, 5.74) is 6.27. The van der Waals surface area contributed by atoms with Gasteiger partial charge in [0.15, 0.2) is 0 Å². The highest BCUT2D eigenvalue weighted by molar-refractivity contribution is 5.52. The Morgan fingerprint density at radius 2 is 1.63 bits per heavy atom. The van der Waals surface area contributed by atoms with Crippen LogP contribution in [0.1, 0.15) is 22.3 Å². The molecule has 2 heteroatoms. The highest BCUT2D eigenvalue weighted by atomic mass is 16.5. The second-order valence-corrected chi connectivity index (χ2v) is 4.92. The summed E-state index contributed by atoms with van der Waals surface area (Å²) >= 11 is 0. The first-order valence-electron chi connectivity index (χ1n) is 6.57. The van der Waals surface area contributed by atoms with Gasteiger partial charge in [-0.1, -0.05) is 42.0 Å². The maximum atomic E-state index is 5.11. The summed E-state index contributed by atoms with van der Waals surface area (Å²) in [7, 11) is 1.72. The van der Waals surface area contributed by atoms with Crippen LogP contribution in [-0.4, -0.2) is 7.11 Å². The molecule has 19 heavy (non-hydrogen) atoms. The highest BCUT2D eigenvalue weighted by Crippen LogP contribution is 2.17. The number of benzene rings is 2. The van der Waals surface area contributed by atoms with Crippen molar-refractivity contribution in [2.45, 2.75) is 27.0 Å². The van der Waals surface area contributed by atoms with E-state index in [2.05, 4.69) is 61.6 Å². The summed E-state index contributed by atoms with van der Waals surface area (Å²) in [5, 5.41) is 3.48. The number of hydrogen-bond donors (Lipinski definition) is 1. The molecule has 2 rings (SSSR count). The molecule has 0 bridgehead atoms. The SMILES string of the molecule is COCc1ccc(CNc2ccc(C)cc2C)cc1. The van der Waals surface area contributed by atoms with E-state index in [1.165, 1.54) is 27.9 Å². The van der Waals surface area contributed by atoms with Crippen molar-refractivity contribution in [3.8, 4) is 0 Å². The Hall–Kier alpha value is -1.80. The summed E-state index contributed by atoms with van der Waals surface area (Å²) in [4.78, 5) is 0. The number of aryl methyl sites for hydroxylation is 2. The number of ether oxygens (including phenoxy) is 1. The van der Waals surface area contributed by atoms with E-state index >= 15 is 0 Å². The van der Waals surface area contributed by atoms with Crippen molar-refractivity contribution in [3.05, 3.63) is 64.7 Å². The lowest BCUT2D eigenvalue weighted by Gasteiger charge is -2.10. The van der Waals surface area contributed by atoms with Gasteiger partial charge < -0.3 is 10.1 Å². The first-order valence-corrected chi connectivity index (χ1v) is 6.57. The van der Waals surface area contributed by atoms with Crippen LogP contribution < -0.4 is 5.32 Å². The number of rotatable bonds is 5. The molecular weight excluding hydrogens is 234 g/mol. The Morgan fingerprint density at radius 1 is 0.947 bits per heavy atom. The predicted molar refractivity (Wildman–Crippen MR) is 80.4 cm³/mol. The fourth-order valence-electron chi connectivity index (χ4n) is 2.13. The Balaban J connectivity index is 1.98. The molecule has 0 aliphatic rings. The summed E-state index contributed by atoms with van der Waals surface area (Å²) in [6, 6.07) is 15.0. The van der Waals surface area contributed by atoms with Crippen LogP contribution in [0.5, 0.6) is 0 Å². The van der Waals surface area contributed by atoms with E-state index in [9.17, 15) is 0 Å². The number of anilines is 1. The summed E-state index contributed by atoms with van der Waals surface area (Å²) in [5.74, 6) is 0. The molecule has 0 radical (unpaired) electrons. The normalized spacial score (nSPS) is 10.5. The fourth-order valence-corrected chi connectivity index (χ4v) is 2.13. The van der Waals surface area contributed by atoms with Crippen molar-refractivity contribution in [1.29, 1.82) is 0 Å². The molecule has 0 aliphatic carbocycles. The van der Waals surface area contributed by atoms with Gasteiger partial charge in [-0.15, -0.1) is 0 Å². The van der Waals surface area contributed by atoms with Crippen LogP contribution >= 0.6 is 0 Å². The Morgan fingerprint density at radius 3 is 2.26 bits per heavy atom. The molecule has 0 fully saturated rings. The molecule has 0 aliphatic heterocycles. The van der Waals surface area contributed by atoms with Crippen molar-refractivity contribution in [2.24, 2.45) is 0 Å². The van der Waals surface area contributed by atoms with E-state index in [1.54, 1.807) is 7.11 Å². The highest BCUT2D eigenvalue weighted by Gasteiger charge is 1.99. The van der Waals surface area contributed by atoms with Gasteiger partial charge in [0.25, 0.3) is 0 Å². The zero-order valence-electron chi connectivity index (χ0n) is 11.9. The van der Waals surface area contributed by atoms with Crippen LogP contribution in [0.2, 0.25) is 0 Å². The molecule has 0 unspecified atom stereocenters. The summed E-state index contributed by atoms with van der Waals surface area (Å²) < 4.78 is 5.11. The van der Waals surface area contributed by atoms with Crippen LogP contribution in [0.15, 0.2) is 42.5 Å². The minimum atomic E-state index is 0.671. The van der Waals surface area contributed by atoms with E-state index in [4.69, 9.17) is 4.74 Å². The third-order valence-electron chi connectivity index (χ3n) is 3.20. The molecule has 0 atom stereocenters. The molecule has 0 saturated carbocycles. The van der Waals surface area contributed by atoms with Crippen molar-refractivity contribution < 1.29 is 4.74 Å². The first-order chi connectivity index (χ1) is 9.19. The maximum Gasteiger partial charge on any atom is 0.0713 e. The molecule has 2 aromatic rings. The van der Waals surface area contributed by atoms with Crippen LogP contribution in [0, 0.1) is 13.8 Å². The van der Waals surface area contributed by atoms with Gasteiger partial charge in [0, 0.05) is 19.3 Å². The van der Waals surface area contributed by atoms with Crippen molar-refractivity contribution in [2.75, 3.05) is 12.4 Å². The van der Waals surface area contributed by atoms with Gasteiger partial charge in [0.05, 0.1) is 6.61 Å². The predicted octanol–water partition coefficient (Wildman–Crippen LogP) is 4.06. The Bertz CT molecular complexity index is 531. The van der Waals surface area contributed by atoms with E-state index in [0.717, 1.165) is 6.54 Å². The quantitative estimate of drug-likeness (QED) is 0.870. The monoisotopic (exact) mass is 255 g/mol. The van der Waals surface area contributed by atoms with E-state index < -0.39 is 0 Å². The van der Waals surface area contributed by atoms with Gasteiger partial charge in [-0.3, -0.25) is 0 Å². The molecule has 1 N–H and O–H groups in total. The summed E-state index contributed by atoms with van der Waals surface area (Å²) in [6.45, 7) is 5.77. The van der Waals surface area contributed by atoms with Gasteiger partial charge in [-0.25, -0.2) is 0 Å². The van der Waals surface area contributed by atoms with Crippen molar-refractivity contribution in [3.63, 3.8) is 0 Å². The molecule has 2 aromatic carbocycles. The van der Waals surface area contributed by atoms with E-state index in [0.29, 0.717) is 6.61 Å². The van der Waals surface area contributed by atoms with Crippen LogP contribution in [0.25, 0.3) is 0 Å². The standard InChI is InChI=1S/C17H21NO/c1-13-4-9-17(14(2)10-13)18-11-15-5-7-16(8-6-15)12-19-3/h4-10,18H,11-12H2,1-3H3. The Kier molecular flexibility index (Phi) is 4.58. The molecule has 0 aromatic heterocycles. The number of hydrogen-bond acceptors (Lipinski definition) is 2. The lowest BCUT2D eigenvalue weighted by Crippen LogP contribution is -2.01. The lowest BCUT2D eigenvalue weighted by atomic mass is 10.1. The Labute approximate surface area is 115 Å². The van der Waals surface area contributed by atoms with Crippen LogP contribution in [-0.2, 0) is 17.9 Å². The third-order valence-corrected chi connectivity index (χ3v) is 3.20. The van der Waals surface area contributed by atoms with Gasteiger partial charge in [0.2, 0.25) is 0 Å². The van der Waals surface area contributed by atoms with Crippen LogP contribution in [0.3, 0.4) is 0 Å². The molecule has 0 heterocycles. The van der Waals surface area contributed by atoms with Gasteiger partial charge in [-0.05, 0) is 36.6 Å². The third kappa shape index (κ3) is 3.83. The zero-order chi connectivity index (χ0) is 13.7. The van der Waals surface area contributed by atoms with Crippen molar-refractivity contribution >= 4 is 5.69 Å². The van der Waals surface area contributed by atoms with Crippen LogP contribution in [0.4, 0.5) is 5.69 Å². The largest absolute Gasteiger partial charge is 0.381 e. The zero-order valence-corrected chi connectivity index (χ0v) is 11.9. The lowest BCUT2D eigenvalue weighted by molar-refractivity contribution is 0.185. The number of methoxy groups -OCH3 is 1. The minimum absolute atomic E-state index is 0.671. The minimum Gasteiger partial charge on any atom is -0.381 e. The molecule has 100 valence electrons. The maximum absolute atomic E-state index is 5.11. The van der Waals surface area contributed by atoms with Crippen molar-refractivity contribution in [1.82, 2.24) is 0 Å². The molecular formula is C17H21NO. The topological polar surface area (TPSA) is 21.3 Å². The molecule has 0 amide bonds. The average Bonchev–Trinajstić information content (AvgIpc) is 2.40. The smallest absolute Gasteiger partial charge is 0.0713 e. The average molecular weight is 255 g/mol. The van der Waals surface area contributed by atoms with Gasteiger partial charge in [0.1, 0.15) is 0 Å². The second kappa shape index (κ2) is 6.39. The molecule has 2 nitrogen and oxygen atoms in total. The van der Waals surface area contributed by atoms with E-state index in [1.807, 2.05) is 0 Å². The number of nitrogens with one attached hydrogen (secondary N) is 1. The van der Waals surface area contributed by atoms with Gasteiger partial charge >= 0.3 is 0 Å².